The summed E-state index contributed by atoms with van der Waals surface area (Å²) in [6, 6.07) is 4.26. The molecule has 2 aliphatic rings. The second kappa shape index (κ2) is 8.84. The van der Waals surface area contributed by atoms with Crippen molar-refractivity contribution in [1.82, 2.24) is 14.7 Å². The van der Waals surface area contributed by atoms with Gasteiger partial charge in [0.25, 0.3) is 0 Å². The number of nitrogens with one attached hydrogen (secondary N) is 1. The maximum absolute atomic E-state index is 12.6. The standard InChI is InChI=1S/C20H32N4O2/c1-16-14-17(2)19(18(3)15-16)21-20(25)24-8-6-22(7-9-24)4-5-23-10-12-26-13-11-23/h14-15H,4-13H2,1-3H3,(H,21,25). The van der Waals surface area contributed by atoms with Crippen LogP contribution in [0.15, 0.2) is 12.1 Å². The van der Waals surface area contributed by atoms with Gasteiger partial charge in [-0.05, 0) is 31.9 Å². The van der Waals surface area contributed by atoms with Gasteiger partial charge in [-0.15, -0.1) is 0 Å². The number of aryl methyl sites for hydroxylation is 3. The van der Waals surface area contributed by atoms with Crippen molar-refractivity contribution in [2.75, 3.05) is 70.9 Å². The lowest BCUT2D eigenvalue weighted by Gasteiger charge is -2.36. The van der Waals surface area contributed by atoms with E-state index >= 15 is 0 Å². The zero-order valence-electron chi connectivity index (χ0n) is 16.4. The van der Waals surface area contributed by atoms with Crippen molar-refractivity contribution in [2.24, 2.45) is 0 Å². The molecule has 2 amide bonds. The van der Waals surface area contributed by atoms with Crippen LogP contribution < -0.4 is 5.32 Å². The molecule has 144 valence electrons. The molecule has 2 fully saturated rings. The monoisotopic (exact) mass is 360 g/mol. The Morgan fingerprint density at radius 2 is 1.46 bits per heavy atom. The third-order valence-electron chi connectivity index (χ3n) is 5.40. The summed E-state index contributed by atoms with van der Waals surface area (Å²) in [6.45, 7) is 15.6. The van der Waals surface area contributed by atoms with Gasteiger partial charge in [0, 0.05) is 58.0 Å². The van der Waals surface area contributed by atoms with Gasteiger partial charge in [-0.25, -0.2) is 4.79 Å². The largest absolute Gasteiger partial charge is 0.379 e. The van der Waals surface area contributed by atoms with E-state index < -0.39 is 0 Å². The van der Waals surface area contributed by atoms with Crippen LogP contribution in [0.5, 0.6) is 0 Å². The van der Waals surface area contributed by atoms with E-state index in [1.165, 1.54) is 5.56 Å². The van der Waals surface area contributed by atoms with Gasteiger partial charge in [-0.3, -0.25) is 9.80 Å². The first-order valence-electron chi connectivity index (χ1n) is 9.69. The molecule has 0 bridgehead atoms. The van der Waals surface area contributed by atoms with E-state index in [0.717, 1.165) is 82.4 Å². The van der Waals surface area contributed by atoms with Gasteiger partial charge >= 0.3 is 6.03 Å². The Labute approximate surface area is 157 Å². The van der Waals surface area contributed by atoms with Crippen LogP contribution in [0.25, 0.3) is 0 Å². The summed E-state index contributed by atoms with van der Waals surface area (Å²) in [6.07, 6.45) is 0. The first-order valence-corrected chi connectivity index (χ1v) is 9.69. The molecule has 6 nitrogen and oxygen atoms in total. The number of hydrogen-bond donors (Lipinski definition) is 1. The van der Waals surface area contributed by atoms with E-state index in [1.54, 1.807) is 0 Å². The molecule has 0 aromatic heterocycles. The molecule has 0 unspecified atom stereocenters. The number of carbonyl (C=O) groups is 1. The van der Waals surface area contributed by atoms with Crippen molar-refractivity contribution in [2.45, 2.75) is 20.8 Å². The van der Waals surface area contributed by atoms with Gasteiger partial charge in [-0.1, -0.05) is 17.7 Å². The minimum Gasteiger partial charge on any atom is -0.379 e. The molecule has 2 aliphatic heterocycles. The molecule has 26 heavy (non-hydrogen) atoms. The predicted octanol–water partition coefficient (Wildman–Crippen LogP) is 2.09. The molecule has 1 N–H and O–H groups in total. The van der Waals surface area contributed by atoms with Gasteiger partial charge in [0.1, 0.15) is 0 Å². The fraction of sp³-hybridized carbons (Fsp3) is 0.650. The lowest BCUT2D eigenvalue weighted by molar-refractivity contribution is 0.0311. The van der Waals surface area contributed by atoms with E-state index in [0.29, 0.717) is 0 Å². The third kappa shape index (κ3) is 4.96. The van der Waals surface area contributed by atoms with Crippen molar-refractivity contribution in [3.05, 3.63) is 28.8 Å². The Kier molecular flexibility index (Phi) is 6.51. The number of rotatable bonds is 4. The van der Waals surface area contributed by atoms with Crippen molar-refractivity contribution in [3.8, 4) is 0 Å². The zero-order chi connectivity index (χ0) is 18.5. The second-order valence-corrected chi connectivity index (χ2v) is 7.49. The summed E-state index contributed by atoms with van der Waals surface area (Å²) >= 11 is 0. The van der Waals surface area contributed by atoms with Crippen LogP contribution in [0.2, 0.25) is 0 Å². The van der Waals surface area contributed by atoms with Crippen LogP contribution in [-0.2, 0) is 4.74 Å². The molecule has 0 radical (unpaired) electrons. The van der Waals surface area contributed by atoms with Crippen molar-refractivity contribution >= 4 is 11.7 Å². The lowest BCUT2D eigenvalue weighted by atomic mass is 10.1. The summed E-state index contributed by atoms with van der Waals surface area (Å²) in [5.74, 6) is 0. The van der Waals surface area contributed by atoms with Crippen LogP contribution in [0.1, 0.15) is 16.7 Å². The second-order valence-electron chi connectivity index (χ2n) is 7.49. The minimum absolute atomic E-state index is 0.0212. The maximum Gasteiger partial charge on any atom is 0.321 e. The van der Waals surface area contributed by atoms with Crippen molar-refractivity contribution < 1.29 is 9.53 Å². The first-order chi connectivity index (χ1) is 12.5. The van der Waals surface area contributed by atoms with Crippen molar-refractivity contribution in [1.29, 1.82) is 0 Å². The Hall–Kier alpha value is -1.63. The van der Waals surface area contributed by atoms with Crippen LogP contribution >= 0.6 is 0 Å². The predicted molar refractivity (Wildman–Crippen MR) is 105 cm³/mol. The summed E-state index contributed by atoms with van der Waals surface area (Å²) in [5.41, 5.74) is 4.43. The number of benzene rings is 1. The summed E-state index contributed by atoms with van der Waals surface area (Å²) in [4.78, 5) is 19.5. The average Bonchev–Trinajstić information content (AvgIpc) is 2.64. The number of amides is 2. The Balaban J connectivity index is 1.45. The smallest absolute Gasteiger partial charge is 0.321 e. The Morgan fingerprint density at radius 3 is 2.04 bits per heavy atom. The molecule has 6 heteroatoms. The molecule has 1 aromatic carbocycles. The van der Waals surface area contributed by atoms with Gasteiger partial charge < -0.3 is 15.0 Å². The summed E-state index contributed by atoms with van der Waals surface area (Å²) < 4.78 is 5.40. The average molecular weight is 361 g/mol. The van der Waals surface area contributed by atoms with Crippen LogP contribution in [0.3, 0.4) is 0 Å². The minimum atomic E-state index is 0.0212. The number of hydrogen-bond acceptors (Lipinski definition) is 4. The molecule has 0 aliphatic carbocycles. The Morgan fingerprint density at radius 1 is 0.923 bits per heavy atom. The number of nitrogens with zero attached hydrogens (tertiary/aromatic N) is 3. The summed E-state index contributed by atoms with van der Waals surface area (Å²) in [5, 5.41) is 3.12. The van der Waals surface area contributed by atoms with E-state index in [-0.39, 0.29) is 6.03 Å². The first kappa shape index (κ1) is 19.1. The highest BCUT2D eigenvalue weighted by Crippen LogP contribution is 2.22. The molecular formula is C20H32N4O2. The van der Waals surface area contributed by atoms with E-state index in [1.807, 2.05) is 4.90 Å². The van der Waals surface area contributed by atoms with Crippen LogP contribution in [-0.4, -0.2) is 86.3 Å². The number of ether oxygens (including phenoxy) is 1. The third-order valence-corrected chi connectivity index (χ3v) is 5.40. The van der Waals surface area contributed by atoms with Gasteiger partial charge in [0.05, 0.1) is 13.2 Å². The molecular weight excluding hydrogens is 328 g/mol. The normalized spacial score (nSPS) is 19.6. The van der Waals surface area contributed by atoms with E-state index in [2.05, 4.69) is 48.0 Å². The van der Waals surface area contributed by atoms with E-state index in [4.69, 9.17) is 4.74 Å². The number of morpholine rings is 1. The molecule has 0 atom stereocenters. The number of anilines is 1. The quantitative estimate of drug-likeness (QED) is 0.893. The number of urea groups is 1. The molecule has 2 saturated heterocycles. The Bertz CT molecular complexity index is 597. The molecule has 1 aromatic rings. The number of piperazine rings is 1. The van der Waals surface area contributed by atoms with Crippen LogP contribution in [0.4, 0.5) is 10.5 Å². The van der Waals surface area contributed by atoms with Gasteiger partial charge in [0.15, 0.2) is 0 Å². The highest BCUT2D eigenvalue weighted by Gasteiger charge is 2.22. The SMILES string of the molecule is Cc1cc(C)c(NC(=O)N2CCN(CCN3CCOCC3)CC2)c(C)c1. The van der Waals surface area contributed by atoms with Gasteiger partial charge in [0.2, 0.25) is 0 Å². The van der Waals surface area contributed by atoms with Crippen molar-refractivity contribution in [3.63, 3.8) is 0 Å². The zero-order valence-corrected chi connectivity index (χ0v) is 16.4. The molecule has 0 spiro atoms. The fourth-order valence-corrected chi connectivity index (χ4v) is 3.85. The van der Waals surface area contributed by atoms with Crippen LogP contribution in [0, 0.1) is 20.8 Å². The highest BCUT2D eigenvalue weighted by atomic mass is 16.5. The van der Waals surface area contributed by atoms with Gasteiger partial charge in [-0.2, -0.15) is 0 Å². The summed E-state index contributed by atoms with van der Waals surface area (Å²) in [7, 11) is 0. The molecule has 3 rings (SSSR count). The highest BCUT2D eigenvalue weighted by molar-refractivity contribution is 5.91. The molecule has 0 saturated carbocycles. The van der Waals surface area contributed by atoms with E-state index in [9.17, 15) is 4.79 Å². The number of carbonyl (C=O) groups excluding carboxylic acids is 1. The fourth-order valence-electron chi connectivity index (χ4n) is 3.85. The molecule has 2 heterocycles. The topological polar surface area (TPSA) is 48.1 Å². The lowest BCUT2D eigenvalue weighted by Crippen LogP contribution is -2.52. The maximum atomic E-state index is 12.6.